The summed E-state index contributed by atoms with van der Waals surface area (Å²) in [7, 11) is -3.32. The van der Waals surface area contributed by atoms with Gasteiger partial charge in [0.25, 0.3) is 0 Å². The summed E-state index contributed by atoms with van der Waals surface area (Å²) in [6.45, 7) is 9.22. The van der Waals surface area contributed by atoms with Crippen LogP contribution in [0.2, 0.25) is 0 Å². The standard InChI is InChI=1S/C21H28N2O2S/c1-16-12-18(3)20(13-17(16)2)15-22-14-19-6-8-21(9-7-19)26(24,25)23-10-4-5-11-23/h6-9,12-13,22H,4-5,10-11,14-15H2,1-3H3. The molecule has 0 aliphatic carbocycles. The average Bonchev–Trinajstić information content (AvgIpc) is 3.15. The summed E-state index contributed by atoms with van der Waals surface area (Å²) in [6.07, 6.45) is 1.91. The van der Waals surface area contributed by atoms with E-state index in [1.54, 1.807) is 16.4 Å². The second kappa shape index (κ2) is 7.91. The van der Waals surface area contributed by atoms with Crippen molar-refractivity contribution in [3.8, 4) is 0 Å². The Morgan fingerprint density at radius 1 is 0.885 bits per heavy atom. The summed E-state index contributed by atoms with van der Waals surface area (Å²) in [4.78, 5) is 0.396. The van der Waals surface area contributed by atoms with Crippen molar-refractivity contribution in [1.29, 1.82) is 0 Å². The largest absolute Gasteiger partial charge is 0.309 e. The van der Waals surface area contributed by atoms with Crippen LogP contribution in [0.25, 0.3) is 0 Å². The van der Waals surface area contributed by atoms with Gasteiger partial charge in [-0.2, -0.15) is 4.31 Å². The van der Waals surface area contributed by atoms with Crippen LogP contribution in [0.5, 0.6) is 0 Å². The topological polar surface area (TPSA) is 49.4 Å². The molecule has 2 aromatic carbocycles. The fraction of sp³-hybridized carbons (Fsp3) is 0.429. The minimum atomic E-state index is -3.32. The van der Waals surface area contributed by atoms with E-state index in [2.05, 4.69) is 38.2 Å². The summed E-state index contributed by atoms with van der Waals surface area (Å²) in [6, 6.07) is 11.7. The normalized spacial score (nSPS) is 15.5. The molecular formula is C21H28N2O2S. The van der Waals surface area contributed by atoms with E-state index < -0.39 is 10.0 Å². The molecule has 1 saturated heterocycles. The molecule has 5 heteroatoms. The quantitative estimate of drug-likeness (QED) is 0.841. The third-order valence-electron chi connectivity index (χ3n) is 5.22. The van der Waals surface area contributed by atoms with Crippen LogP contribution in [0.1, 0.15) is 40.7 Å². The fourth-order valence-corrected chi connectivity index (χ4v) is 4.93. The Morgan fingerprint density at radius 3 is 2.15 bits per heavy atom. The van der Waals surface area contributed by atoms with Gasteiger partial charge in [-0.1, -0.05) is 24.3 Å². The molecule has 1 aliphatic heterocycles. The number of nitrogens with one attached hydrogen (secondary N) is 1. The molecule has 1 fully saturated rings. The zero-order valence-electron chi connectivity index (χ0n) is 15.9. The van der Waals surface area contributed by atoms with Gasteiger partial charge in [0.1, 0.15) is 0 Å². The summed E-state index contributed by atoms with van der Waals surface area (Å²) < 4.78 is 26.7. The van der Waals surface area contributed by atoms with Gasteiger partial charge in [-0.3, -0.25) is 0 Å². The molecule has 0 radical (unpaired) electrons. The van der Waals surface area contributed by atoms with Crippen LogP contribution in [-0.2, 0) is 23.1 Å². The molecule has 1 heterocycles. The Hall–Kier alpha value is -1.69. The number of nitrogens with zero attached hydrogens (tertiary/aromatic N) is 1. The third-order valence-corrected chi connectivity index (χ3v) is 7.14. The van der Waals surface area contributed by atoms with E-state index in [-0.39, 0.29) is 0 Å². The first kappa shape index (κ1) is 19.1. The smallest absolute Gasteiger partial charge is 0.243 e. The predicted octanol–water partition coefficient (Wildman–Crippen LogP) is 3.69. The number of benzene rings is 2. The fourth-order valence-electron chi connectivity index (χ4n) is 3.41. The summed E-state index contributed by atoms with van der Waals surface area (Å²) in [5.41, 5.74) is 6.32. The SMILES string of the molecule is Cc1cc(C)c(CNCc2ccc(S(=O)(=O)N3CCCC3)cc2)cc1C. The van der Waals surface area contributed by atoms with Crippen molar-refractivity contribution in [2.45, 2.75) is 51.6 Å². The Balaban J connectivity index is 1.61. The Labute approximate surface area is 157 Å². The maximum atomic E-state index is 12.6. The molecule has 0 atom stereocenters. The average molecular weight is 373 g/mol. The van der Waals surface area contributed by atoms with E-state index in [1.165, 1.54) is 22.3 Å². The molecule has 1 aliphatic rings. The van der Waals surface area contributed by atoms with Gasteiger partial charge in [0, 0.05) is 26.2 Å². The summed E-state index contributed by atoms with van der Waals surface area (Å²) in [5.74, 6) is 0. The highest BCUT2D eigenvalue weighted by atomic mass is 32.2. The van der Waals surface area contributed by atoms with Gasteiger partial charge in [0.2, 0.25) is 10.0 Å². The Kier molecular flexibility index (Phi) is 5.80. The maximum Gasteiger partial charge on any atom is 0.243 e. The van der Waals surface area contributed by atoms with Gasteiger partial charge >= 0.3 is 0 Å². The van der Waals surface area contributed by atoms with Crippen molar-refractivity contribution < 1.29 is 8.42 Å². The van der Waals surface area contributed by atoms with Crippen LogP contribution in [-0.4, -0.2) is 25.8 Å². The molecule has 26 heavy (non-hydrogen) atoms. The summed E-state index contributed by atoms with van der Waals surface area (Å²) in [5, 5.41) is 3.46. The first-order valence-corrected chi connectivity index (χ1v) is 10.7. The van der Waals surface area contributed by atoms with Crippen LogP contribution in [0.3, 0.4) is 0 Å². The number of hydrogen-bond acceptors (Lipinski definition) is 3. The zero-order chi connectivity index (χ0) is 18.7. The van der Waals surface area contributed by atoms with Crippen molar-refractivity contribution in [3.05, 3.63) is 64.2 Å². The highest BCUT2D eigenvalue weighted by Crippen LogP contribution is 2.21. The lowest BCUT2D eigenvalue weighted by Gasteiger charge is -2.16. The van der Waals surface area contributed by atoms with Crippen molar-refractivity contribution in [2.24, 2.45) is 0 Å². The lowest BCUT2D eigenvalue weighted by molar-refractivity contribution is 0.477. The van der Waals surface area contributed by atoms with Crippen molar-refractivity contribution in [2.75, 3.05) is 13.1 Å². The van der Waals surface area contributed by atoms with Crippen molar-refractivity contribution in [1.82, 2.24) is 9.62 Å². The highest BCUT2D eigenvalue weighted by Gasteiger charge is 2.26. The van der Waals surface area contributed by atoms with E-state index >= 15 is 0 Å². The van der Waals surface area contributed by atoms with Crippen LogP contribution >= 0.6 is 0 Å². The van der Waals surface area contributed by atoms with Gasteiger partial charge in [-0.05, 0) is 73.6 Å². The second-order valence-electron chi connectivity index (χ2n) is 7.22. The number of aryl methyl sites for hydroxylation is 3. The number of hydrogen-bond donors (Lipinski definition) is 1. The number of sulfonamides is 1. The van der Waals surface area contributed by atoms with E-state index in [1.807, 2.05) is 12.1 Å². The minimum Gasteiger partial charge on any atom is -0.309 e. The third kappa shape index (κ3) is 4.17. The highest BCUT2D eigenvalue weighted by molar-refractivity contribution is 7.89. The molecule has 0 saturated carbocycles. The van der Waals surface area contributed by atoms with E-state index in [0.29, 0.717) is 18.0 Å². The van der Waals surface area contributed by atoms with E-state index in [0.717, 1.165) is 31.5 Å². The van der Waals surface area contributed by atoms with Crippen LogP contribution < -0.4 is 5.32 Å². The molecule has 2 aromatic rings. The molecule has 4 nitrogen and oxygen atoms in total. The Morgan fingerprint density at radius 2 is 1.50 bits per heavy atom. The molecule has 0 spiro atoms. The molecule has 0 unspecified atom stereocenters. The van der Waals surface area contributed by atoms with Gasteiger partial charge < -0.3 is 5.32 Å². The molecule has 0 bridgehead atoms. The lowest BCUT2D eigenvalue weighted by atomic mass is 10.0. The zero-order valence-corrected chi connectivity index (χ0v) is 16.7. The second-order valence-corrected chi connectivity index (χ2v) is 9.16. The van der Waals surface area contributed by atoms with Gasteiger partial charge in [-0.25, -0.2) is 8.42 Å². The molecular weight excluding hydrogens is 344 g/mol. The van der Waals surface area contributed by atoms with Crippen LogP contribution in [0, 0.1) is 20.8 Å². The van der Waals surface area contributed by atoms with Gasteiger partial charge in [0.15, 0.2) is 0 Å². The predicted molar refractivity (Wildman–Crippen MR) is 106 cm³/mol. The molecule has 1 N–H and O–H groups in total. The summed E-state index contributed by atoms with van der Waals surface area (Å²) >= 11 is 0. The van der Waals surface area contributed by atoms with Gasteiger partial charge in [-0.15, -0.1) is 0 Å². The maximum absolute atomic E-state index is 12.6. The van der Waals surface area contributed by atoms with Crippen LogP contribution in [0.4, 0.5) is 0 Å². The van der Waals surface area contributed by atoms with Crippen molar-refractivity contribution in [3.63, 3.8) is 0 Å². The molecule has 3 rings (SSSR count). The minimum absolute atomic E-state index is 0.396. The first-order chi connectivity index (χ1) is 12.4. The molecule has 140 valence electrons. The van der Waals surface area contributed by atoms with Gasteiger partial charge in [0.05, 0.1) is 4.90 Å². The molecule has 0 amide bonds. The number of rotatable bonds is 6. The van der Waals surface area contributed by atoms with E-state index in [9.17, 15) is 8.42 Å². The lowest BCUT2D eigenvalue weighted by Crippen LogP contribution is -2.27. The Bertz CT molecular complexity index is 868. The van der Waals surface area contributed by atoms with Crippen LogP contribution in [0.15, 0.2) is 41.3 Å². The van der Waals surface area contributed by atoms with Crippen molar-refractivity contribution >= 4 is 10.0 Å². The molecule has 0 aromatic heterocycles. The first-order valence-electron chi connectivity index (χ1n) is 9.24. The van der Waals surface area contributed by atoms with E-state index in [4.69, 9.17) is 0 Å². The monoisotopic (exact) mass is 372 g/mol.